The van der Waals surface area contributed by atoms with E-state index in [0.29, 0.717) is 12.1 Å². The van der Waals surface area contributed by atoms with Crippen molar-refractivity contribution in [3.63, 3.8) is 0 Å². The fourth-order valence-electron chi connectivity index (χ4n) is 2.70. The second-order valence-electron chi connectivity index (χ2n) is 4.90. The topological polar surface area (TPSA) is 59.3 Å². The minimum atomic E-state index is -0.0337. The van der Waals surface area contributed by atoms with Gasteiger partial charge in [-0.15, -0.1) is 0 Å². The second kappa shape index (κ2) is 3.90. The number of aryl methyl sites for hydroxylation is 1. The quantitative estimate of drug-likeness (QED) is 0.730. The van der Waals surface area contributed by atoms with Crippen molar-refractivity contribution in [3.05, 3.63) is 53.5 Å². The van der Waals surface area contributed by atoms with Crippen LogP contribution >= 0.6 is 0 Å². The Balaban J connectivity index is 2.02. The molecule has 0 radical (unpaired) electrons. The van der Waals surface area contributed by atoms with Crippen molar-refractivity contribution in [1.82, 2.24) is 19.7 Å². The summed E-state index contributed by atoms with van der Waals surface area (Å²) in [6.07, 6.45) is 5.46. The van der Waals surface area contributed by atoms with Gasteiger partial charge in [-0.25, -0.2) is 4.98 Å². The summed E-state index contributed by atoms with van der Waals surface area (Å²) in [5.74, 6) is -0.0337. The fourth-order valence-corrected chi connectivity index (χ4v) is 2.70. The van der Waals surface area contributed by atoms with Crippen molar-refractivity contribution >= 4 is 11.6 Å². The van der Waals surface area contributed by atoms with E-state index >= 15 is 0 Å². The van der Waals surface area contributed by atoms with Gasteiger partial charge in [0.2, 0.25) is 0 Å². The minimum absolute atomic E-state index is 0.0337. The Morgan fingerprint density at radius 2 is 2.20 bits per heavy atom. The summed E-state index contributed by atoms with van der Waals surface area (Å²) in [6.45, 7) is 2.55. The Kier molecular flexibility index (Phi) is 2.18. The average Bonchev–Trinajstić information content (AvgIpc) is 3.04. The van der Waals surface area contributed by atoms with Gasteiger partial charge in [-0.1, -0.05) is 6.07 Å². The molecular weight excluding hydrogens is 252 g/mol. The number of hydrogen-bond acceptors (Lipinski definition) is 3. The third-order valence-corrected chi connectivity index (χ3v) is 3.70. The second-order valence-corrected chi connectivity index (χ2v) is 4.90. The molecule has 0 atom stereocenters. The van der Waals surface area contributed by atoms with Crippen molar-refractivity contribution in [2.75, 3.05) is 0 Å². The maximum Gasteiger partial charge on any atom is 0.252 e. The number of carbonyl (C=O) groups is 1. The number of hydrogen-bond donors (Lipinski definition) is 1. The maximum absolute atomic E-state index is 11.7. The van der Waals surface area contributed by atoms with Gasteiger partial charge in [-0.3, -0.25) is 14.2 Å². The minimum Gasteiger partial charge on any atom is -0.348 e. The molecule has 5 heteroatoms. The Labute approximate surface area is 115 Å². The average molecular weight is 264 g/mol. The van der Waals surface area contributed by atoms with Crippen molar-refractivity contribution in [3.8, 4) is 11.4 Å². The zero-order valence-corrected chi connectivity index (χ0v) is 10.9. The first-order valence-corrected chi connectivity index (χ1v) is 6.45. The van der Waals surface area contributed by atoms with E-state index in [1.807, 2.05) is 35.9 Å². The number of nitrogens with one attached hydrogen (secondary N) is 1. The molecule has 0 bridgehead atoms. The first-order valence-electron chi connectivity index (χ1n) is 6.45. The van der Waals surface area contributed by atoms with Crippen LogP contribution in [0.3, 0.4) is 0 Å². The van der Waals surface area contributed by atoms with Gasteiger partial charge in [0.25, 0.3) is 5.91 Å². The van der Waals surface area contributed by atoms with Crippen LogP contribution in [0.2, 0.25) is 0 Å². The van der Waals surface area contributed by atoms with Crippen LogP contribution in [0.5, 0.6) is 0 Å². The molecule has 5 nitrogen and oxygen atoms in total. The molecule has 0 unspecified atom stereocenters. The van der Waals surface area contributed by atoms with Gasteiger partial charge in [0.1, 0.15) is 5.65 Å². The number of imidazole rings is 1. The van der Waals surface area contributed by atoms with Crippen LogP contribution in [0.1, 0.15) is 21.5 Å². The monoisotopic (exact) mass is 264 g/mol. The van der Waals surface area contributed by atoms with Gasteiger partial charge in [0, 0.05) is 30.1 Å². The lowest BCUT2D eigenvalue weighted by molar-refractivity contribution is 0.0965. The fraction of sp³-hybridized carbons (Fsp3) is 0.133. The molecule has 0 aromatic carbocycles. The third kappa shape index (κ3) is 1.40. The van der Waals surface area contributed by atoms with Crippen molar-refractivity contribution in [2.24, 2.45) is 0 Å². The van der Waals surface area contributed by atoms with E-state index in [1.54, 1.807) is 12.3 Å². The molecule has 4 rings (SSSR count). The summed E-state index contributed by atoms with van der Waals surface area (Å²) in [4.78, 5) is 20.7. The molecule has 3 aromatic heterocycles. The van der Waals surface area contributed by atoms with Crippen LogP contribution in [0.25, 0.3) is 17.0 Å². The molecule has 98 valence electrons. The van der Waals surface area contributed by atoms with Gasteiger partial charge in [-0.05, 0) is 24.6 Å². The Morgan fingerprint density at radius 1 is 1.30 bits per heavy atom. The summed E-state index contributed by atoms with van der Waals surface area (Å²) in [7, 11) is 0. The van der Waals surface area contributed by atoms with Gasteiger partial charge in [0.15, 0.2) is 0 Å². The first kappa shape index (κ1) is 11.2. The van der Waals surface area contributed by atoms with Crippen LogP contribution in [0, 0.1) is 6.92 Å². The predicted molar refractivity (Wildman–Crippen MR) is 74.3 cm³/mol. The van der Waals surface area contributed by atoms with Crippen molar-refractivity contribution < 1.29 is 4.79 Å². The zero-order chi connectivity index (χ0) is 13.7. The number of aromatic nitrogens is 3. The normalized spacial score (nSPS) is 13.6. The third-order valence-electron chi connectivity index (χ3n) is 3.70. The SMILES string of the molecule is Cc1cccn2c(-c3nccc4c3CNC4=O)cnc12. The molecule has 0 fully saturated rings. The molecular formula is C15H12N4O. The van der Waals surface area contributed by atoms with E-state index in [1.165, 1.54) is 0 Å². The van der Waals surface area contributed by atoms with Crippen molar-refractivity contribution in [2.45, 2.75) is 13.5 Å². The van der Waals surface area contributed by atoms with E-state index in [4.69, 9.17) is 0 Å². The molecule has 0 spiro atoms. The highest BCUT2D eigenvalue weighted by atomic mass is 16.1. The molecule has 0 saturated carbocycles. The summed E-state index contributed by atoms with van der Waals surface area (Å²) in [6, 6.07) is 5.77. The molecule has 4 heterocycles. The number of carbonyl (C=O) groups excluding carboxylic acids is 1. The summed E-state index contributed by atoms with van der Waals surface area (Å²) < 4.78 is 2.01. The van der Waals surface area contributed by atoms with Gasteiger partial charge >= 0.3 is 0 Å². The van der Waals surface area contributed by atoms with Gasteiger partial charge in [0.05, 0.1) is 17.6 Å². The zero-order valence-electron chi connectivity index (χ0n) is 10.9. The molecule has 20 heavy (non-hydrogen) atoms. The van der Waals surface area contributed by atoms with E-state index in [0.717, 1.165) is 28.2 Å². The lowest BCUT2D eigenvalue weighted by Gasteiger charge is -2.06. The molecule has 1 N–H and O–H groups in total. The predicted octanol–water partition coefficient (Wildman–Crippen LogP) is 1.95. The largest absolute Gasteiger partial charge is 0.348 e. The molecule has 1 aliphatic heterocycles. The number of rotatable bonds is 1. The molecule has 1 amide bonds. The highest BCUT2D eigenvalue weighted by molar-refractivity contribution is 5.99. The number of amides is 1. The summed E-state index contributed by atoms with van der Waals surface area (Å²) >= 11 is 0. The highest BCUT2D eigenvalue weighted by Crippen LogP contribution is 2.28. The Morgan fingerprint density at radius 3 is 3.10 bits per heavy atom. The lowest BCUT2D eigenvalue weighted by Crippen LogP contribution is -2.12. The maximum atomic E-state index is 11.7. The smallest absolute Gasteiger partial charge is 0.252 e. The van der Waals surface area contributed by atoms with E-state index < -0.39 is 0 Å². The van der Waals surface area contributed by atoms with Crippen molar-refractivity contribution in [1.29, 1.82) is 0 Å². The highest BCUT2D eigenvalue weighted by Gasteiger charge is 2.24. The number of fused-ring (bicyclic) bond motifs is 2. The van der Waals surface area contributed by atoms with Crippen LogP contribution in [-0.4, -0.2) is 20.3 Å². The van der Waals surface area contributed by atoms with Crippen LogP contribution in [0.4, 0.5) is 0 Å². The Hall–Kier alpha value is -2.69. The molecule has 1 aliphatic rings. The van der Waals surface area contributed by atoms with Gasteiger partial charge in [-0.2, -0.15) is 0 Å². The van der Waals surface area contributed by atoms with E-state index in [9.17, 15) is 4.79 Å². The standard InChI is InChI=1S/C15H12N4O/c1-9-3-2-6-19-12(8-17-14(9)19)13-11-7-18-15(20)10(11)4-5-16-13/h2-6,8H,7H2,1H3,(H,18,20). The summed E-state index contributed by atoms with van der Waals surface area (Å²) in [5.41, 5.74) is 5.41. The number of pyridine rings is 2. The Bertz CT molecular complexity index is 850. The van der Waals surface area contributed by atoms with E-state index in [2.05, 4.69) is 15.3 Å². The van der Waals surface area contributed by atoms with Crippen LogP contribution < -0.4 is 5.32 Å². The van der Waals surface area contributed by atoms with Crippen LogP contribution in [-0.2, 0) is 6.54 Å². The van der Waals surface area contributed by atoms with Crippen LogP contribution in [0.15, 0.2) is 36.8 Å². The number of nitrogens with zero attached hydrogens (tertiary/aromatic N) is 3. The molecule has 0 aliphatic carbocycles. The first-order chi connectivity index (χ1) is 9.75. The van der Waals surface area contributed by atoms with E-state index in [-0.39, 0.29) is 5.91 Å². The molecule has 0 saturated heterocycles. The molecule has 3 aromatic rings. The summed E-state index contributed by atoms with van der Waals surface area (Å²) in [5, 5.41) is 2.84. The van der Waals surface area contributed by atoms with Gasteiger partial charge < -0.3 is 5.32 Å². The lowest BCUT2D eigenvalue weighted by atomic mass is 10.1.